The largest absolute Gasteiger partial charge is 0.497 e. The van der Waals surface area contributed by atoms with Crippen molar-refractivity contribution in [2.24, 2.45) is 0 Å². The van der Waals surface area contributed by atoms with Crippen molar-refractivity contribution in [3.63, 3.8) is 0 Å². The van der Waals surface area contributed by atoms with Gasteiger partial charge < -0.3 is 4.74 Å². The highest BCUT2D eigenvalue weighted by Gasteiger charge is 2.36. The number of hydrogen-bond acceptors (Lipinski definition) is 1. The van der Waals surface area contributed by atoms with Crippen molar-refractivity contribution in [2.45, 2.75) is 12.4 Å². The van der Waals surface area contributed by atoms with Gasteiger partial charge in [-0.05, 0) is 41.5 Å². The Labute approximate surface area is 134 Å². The van der Waals surface area contributed by atoms with Crippen LogP contribution in [-0.4, -0.2) is 7.11 Å². The number of methoxy groups -OCH3 is 1. The smallest absolute Gasteiger partial charge is 0.416 e. The fraction of sp³-hybridized carbons (Fsp3) is 0.176. The zero-order chi connectivity index (χ0) is 18.0. The number of rotatable bonds is 3. The van der Waals surface area contributed by atoms with Crippen LogP contribution in [0.2, 0.25) is 0 Å². The summed E-state index contributed by atoms with van der Waals surface area (Å²) in [6.07, 6.45) is -7.09. The van der Waals surface area contributed by atoms with E-state index in [2.05, 4.69) is 0 Å². The van der Waals surface area contributed by atoms with Crippen LogP contribution in [0.5, 0.6) is 5.75 Å². The second-order valence-corrected chi connectivity index (χ2v) is 4.95. The Kier molecular flexibility index (Phi) is 4.91. The number of hydrogen-bond donors (Lipinski definition) is 0. The van der Waals surface area contributed by atoms with Crippen molar-refractivity contribution < 1.29 is 31.1 Å². The van der Waals surface area contributed by atoms with E-state index in [4.69, 9.17) is 4.74 Å². The highest BCUT2D eigenvalue weighted by Crippen LogP contribution is 2.36. The summed E-state index contributed by atoms with van der Waals surface area (Å²) in [4.78, 5) is 0. The van der Waals surface area contributed by atoms with Crippen LogP contribution >= 0.6 is 0 Å². The molecule has 0 aliphatic carbocycles. The van der Waals surface area contributed by atoms with Crippen molar-refractivity contribution in [3.05, 3.63) is 64.7 Å². The summed E-state index contributed by atoms with van der Waals surface area (Å²) in [6, 6.07) is 7.98. The Balaban J connectivity index is 2.39. The van der Waals surface area contributed by atoms with Crippen LogP contribution in [0.25, 0.3) is 12.2 Å². The van der Waals surface area contributed by atoms with E-state index >= 15 is 0 Å². The van der Waals surface area contributed by atoms with E-state index in [-0.39, 0.29) is 11.6 Å². The van der Waals surface area contributed by atoms with Gasteiger partial charge in [0.25, 0.3) is 0 Å². The third-order valence-corrected chi connectivity index (χ3v) is 3.19. The fourth-order valence-corrected chi connectivity index (χ4v) is 1.98. The molecule has 0 aliphatic rings. The van der Waals surface area contributed by atoms with Crippen LogP contribution in [0.3, 0.4) is 0 Å². The molecule has 0 fully saturated rings. The van der Waals surface area contributed by atoms with Gasteiger partial charge in [0.05, 0.1) is 18.2 Å². The molecular weight excluding hydrogens is 334 g/mol. The first-order valence-corrected chi connectivity index (χ1v) is 6.71. The summed E-state index contributed by atoms with van der Waals surface area (Å²) in [5, 5.41) is 0. The van der Waals surface area contributed by atoms with Crippen LogP contribution in [0.4, 0.5) is 26.3 Å². The monoisotopic (exact) mass is 346 g/mol. The molecule has 0 bridgehead atoms. The molecule has 24 heavy (non-hydrogen) atoms. The molecule has 2 aromatic carbocycles. The predicted octanol–water partition coefficient (Wildman–Crippen LogP) is 5.90. The molecule has 0 aliphatic heterocycles. The van der Waals surface area contributed by atoms with Gasteiger partial charge in [0.1, 0.15) is 5.75 Å². The quantitative estimate of drug-likeness (QED) is 0.496. The second-order valence-electron chi connectivity index (χ2n) is 4.95. The van der Waals surface area contributed by atoms with Crippen molar-refractivity contribution in [1.29, 1.82) is 0 Å². The maximum absolute atomic E-state index is 12.8. The lowest BCUT2D eigenvalue weighted by Crippen LogP contribution is -2.11. The lowest BCUT2D eigenvalue weighted by Gasteiger charge is -2.12. The third kappa shape index (κ3) is 4.53. The molecule has 0 amide bonds. The fourth-order valence-electron chi connectivity index (χ4n) is 1.98. The van der Waals surface area contributed by atoms with Gasteiger partial charge in [-0.25, -0.2) is 0 Å². The van der Waals surface area contributed by atoms with Gasteiger partial charge >= 0.3 is 12.4 Å². The maximum atomic E-state index is 12.8. The Morgan fingerprint density at radius 3 is 1.58 bits per heavy atom. The SMILES string of the molecule is COc1ccc(C=Cc2cc(C(F)(F)F)cc(C(F)(F)F)c2)cc1. The van der Waals surface area contributed by atoms with Gasteiger partial charge in [-0.15, -0.1) is 0 Å². The van der Waals surface area contributed by atoms with Gasteiger partial charge in [-0.2, -0.15) is 26.3 Å². The zero-order valence-electron chi connectivity index (χ0n) is 12.4. The molecule has 128 valence electrons. The molecule has 1 nitrogen and oxygen atoms in total. The molecule has 0 saturated carbocycles. The molecule has 0 spiro atoms. The second kappa shape index (κ2) is 6.59. The summed E-state index contributed by atoms with van der Waals surface area (Å²) in [5.41, 5.74) is -2.26. The Hall–Kier alpha value is -2.44. The normalized spacial score (nSPS) is 12.6. The van der Waals surface area contributed by atoms with E-state index in [0.29, 0.717) is 23.4 Å². The van der Waals surface area contributed by atoms with Crippen molar-refractivity contribution >= 4 is 12.2 Å². The van der Waals surface area contributed by atoms with Crippen LogP contribution in [0.15, 0.2) is 42.5 Å². The predicted molar refractivity (Wildman–Crippen MR) is 78.4 cm³/mol. The lowest BCUT2D eigenvalue weighted by atomic mass is 10.0. The third-order valence-electron chi connectivity index (χ3n) is 3.19. The topological polar surface area (TPSA) is 9.23 Å². The van der Waals surface area contributed by atoms with Crippen LogP contribution in [-0.2, 0) is 12.4 Å². The Morgan fingerprint density at radius 2 is 1.17 bits per heavy atom. The van der Waals surface area contributed by atoms with E-state index in [0.717, 1.165) is 0 Å². The summed E-state index contributed by atoms with van der Waals surface area (Å²) < 4.78 is 81.6. The van der Waals surface area contributed by atoms with Crippen molar-refractivity contribution in [2.75, 3.05) is 7.11 Å². The van der Waals surface area contributed by atoms with Gasteiger partial charge in [-0.3, -0.25) is 0 Å². The first-order valence-electron chi connectivity index (χ1n) is 6.71. The molecule has 2 aromatic rings. The summed E-state index contributed by atoms with van der Waals surface area (Å²) >= 11 is 0. The van der Waals surface area contributed by atoms with Gasteiger partial charge in [0, 0.05) is 0 Å². The van der Waals surface area contributed by atoms with Gasteiger partial charge in [-0.1, -0.05) is 24.3 Å². The summed E-state index contributed by atoms with van der Waals surface area (Å²) in [5.74, 6) is 0.588. The molecule has 0 aromatic heterocycles. The first kappa shape index (κ1) is 17.9. The molecule has 0 saturated heterocycles. The van der Waals surface area contributed by atoms with E-state index in [1.165, 1.54) is 19.3 Å². The van der Waals surface area contributed by atoms with E-state index in [1.807, 2.05) is 0 Å². The maximum Gasteiger partial charge on any atom is 0.416 e. The molecule has 0 heterocycles. The lowest BCUT2D eigenvalue weighted by molar-refractivity contribution is -0.143. The van der Waals surface area contributed by atoms with Crippen LogP contribution < -0.4 is 4.74 Å². The van der Waals surface area contributed by atoms with Crippen LogP contribution in [0, 0.1) is 0 Å². The minimum Gasteiger partial charge on any atom is -0.497 e. The molecule has 7 heteroatoms. The van der Waals surface area contributed by atoms with E-state index in [9.17, 15) is 26.3 Å². The highest BCUT2D eigenvalue weighted by molar-refractivity contribution is 5.70. The zero-order valence-corrected chi connectivity index (χ0v) is 12.4. The minimum absolute atomic E-state index is 0.102. The van der Waals surface area contributed by atoms with Gasteiger partial charge in [0.15, 0.2) is 0 Å². The summed E-state index contributed by atoms with van der Waals surface area (Å²) in [6.45, 7) is 0. The van der Waals surface area contributed by atoms with E-state index in [1.54, 1.807) is 24.3 Å². The first-order chi connectivity index (χ1) is 11.1. The van der Waals surface area contributed by atoms with Crippen molar-refractivity contribution in [3.8, 4) is 5.75 Å². The average Bonchev–Trinajstić information content (AvgIpc) is 2.51. The molecule has 0 radical (unpaired) electrons. The van der Waals surface area contributed by atoms with E-state index < -0.39 is 23.5 Å². The summed E-state index contributed by atoms with van der Waals surface area (Å²) in [7, 11) is 1.48. The number of ether oxygens (including phenoxy) is 1. The number of alkyl halides is 6. The average molecular weight is 346 g/mol. The molecule has 2 rings (SSSR count). The Bertz CT molecular complexity index is 694. The number of halogens is 6. The van der Waals surface area contributed by atoms with Gasteiger partial charge in [0.2, 0.25) is 0 Å². The molecule has 0 unspecified atom stereocenters. The standard InChI is InChI=1S/C17H12F6O/c1-24-15-6-4-11(5-7-15)2-3-12-8-13(16(18,19)20)10-14(9-12)17(21,22)23/h2-10H,1H3. The number of benzene rings is 2. The molecule has 0 N–H and O–H groups in total. The highest BCUT2D eigenvalue weighted by atomic mass is 19.4. The van der Waals surface area contributed by atoms with Crippen molar-refractivity contribution in [1.82, 2.24) is 0 Å². The molecule has 0 atom stereocenters. The molecular formula is C17H12F6O. The Morgan fingerprint density at radius 1 is 0.708 bits per heavy atom. The minimum atomic E-state index is -4.86. The van der Waals surface area contributed by atoms with Crippen LogP contribution in [0.1, 0.15) is 22.3 Å².